The lowest BCUT2D eigenvalue weighted by molar-refractivity contribution is -0.169. The first-order valence-electron chi connectivity index (χ1n) is 8.04. The highest BCUT2D eigenvalue weighted by Gasteiger charge is 2.60. The third-order valence-corrected chi connectivity index (χ3v) is 5.12. The predicted octanol–water partition coefficient (Wildman–Crippen LogP) is 3.08. The van der Waals surface area contributed by atoms with E-state index in [2.05, 4.69) is 19.9 Å². The van der Waals surface area contributed by atoms with Gasteiger partial charge in [0.15, 0.2) is 0 Å². The molecule has 1 aliphatic carbocycles. The van der Waals surface area contributed by atoms with Gasteiger partial charge in [0.1, 0.15) is 11.2 Å². The van der Waals surface area contributed by atoms with Gasteiger partial charge in [0.05, 0.1) is 24.6 Å². The average molecular weight is 308 g/mol. The van der Waals surface area contributed by atoms with E-state index in [4.69, 9.17) is 4.74 Å². The Morgan fingerprint density at radius 3 is 2.09 bits per heavy atom. The van der Waals surface area contributed by atoms with Crippen molar-refractivity contribution in [3.63, 3.8) is 0 Å². The minimum atomic E-state index is -1.10. The molecule has 2 aliphatic rings. The monoisotopic (exact) mass is 308 g/mol. The summed E-state index contributed by atoms with van der Waals surface area (Å²) in [6, 6.07) is 2.38. The molecule has 1 saturated carbocycles. The van der Waals surface area contributed by atoms with Crippen LogP contribution in [0.5, 0.6) is 0 Å². The van der Waals surface area contributed by atoms with Crippen LogP contribution in [0.1, 0.15) is 60.3 Å². The van der Waals surface area contributed by atoms with Gasteiger partial charge in [-0.3, -0.25) is 0 Å². The first kappa shape index (κ1) is 17.1. The zero-order valence-electron chi connectivity index (χ0n) is 14.4. The van der Waals surface area contributed by atoms with Crippen molar-refractivity contribution in [2.75, 3.05) is 13.1 Å². The highest BCUT2D eigenvalue weighted by atomic mass is 16.6. The van der Waals surface area contributed by atoms with Crippen LogP contribution < -0.4 is 0 Å². The molecule has 0 spiro atoms. The van der Waals surface area contributed by atoms with E-state index in [9.17, 15) is 15.2 Å². The molecule has 0 aromatic heterocycles. The second-order valence-electron chi connectivity index (χ2n) is 8.73. The van der Waals surface area contributed by atoms with Gasteiger partial charge < -0.3 is 14.7 Å². The molecule has 0 bridgehead atoms. The molecule has 5 nitrogen and oxygen atoms in total. The first-order chi connectivity index (χ1) is 9.92. The van der Waals surface area contributed by atoms with Crippen molar-refractivity contribution in [3.05, 3.63) is 0 Å². The summed E-state index contributed by atoms with van der Waals surface area (Å²) in [5.74, 6) is 0. The van der Waals surface area contributed by atoms with E-state index < -0.39 is 22.7 Å². The predicted molar refractivity (Wildman–Crippen MR) is 83.1 cm³/mol. The molecule has 1 amide bonds. The number of carbonyl (C=O) groups is 1. The average Bonchev–Trinajstić information content (AvgIpc) is 2.33. The molecular formula is C17H28N2O3. The van der Waals surface area contributed by atoms with Crippen LogP contribution in [0.3, 0.4) is 0 Å². The lowest BCUT2D eigenvalue weighted by Crippen LogP contribution is -2.71. The molecule has 1 aliphatic heterocycles. The molecule has 2 fully saturated rings. The maximum atomic E-state index is 12.0. The number of nitrogens with zero attached hydrogens (tertiary/aromatic N) is 2. The Morgan fingerprint density at radius 1 is 1.18 bits per heavy atom. The first-order valence-corrected chi connectivity index (χ1v) is 8.04. The van der Waals surface area contributed by atoms with Gasteiger partial charge in [0.25, 0.3) is 0 Å². The van der Waals surface area contributed by atoms with Crippen molar-refractivity contribution >= 4 is 6.09 Å². The van der Waals surface area contributed by atoms with Crippen LogP contribution >= 0.6 is 0 Å². The Labute approximate surface area is 133 Å². The van der Waals surface area contributed by atoms with E-state index in [0.717, 1.165) is 12.8 Å². The number of hydrogen-bond acceptors (Lipinski definition) is 4. The number of nitriles is 1. The van der Waals surface area contributed by atoms with E-state index in [0.29, 0.717) is 12.8 Å². The Hall–Kier alpha value is -1.28. The van der Waals surface area contributed by atoms with Crippen molar-refractivity contribution in [2.24, 2.45) is 10.8 Å². The number of carbonyl (C=O) groups excluding carboxylic acids is 1. The Balaban J connectivity index is 2.02. The second-order valence-corrected chi connectivity index (χ2v) is 8.73. The lowest BCUT2D eigenvalue weighted by Gasteiger charge is -2.56. The van der Waals surface area contributed by atoms with Gasteiger partial charge in [-0.05, 0) is 51.9 Å². The molecular weight excluding hydrogens is 280 g/mol. The maximum absolute atomic E-state index is 12.0. The summed E-state index contributed by atoms with van der Waals surface area (Å²) in [5, 5.41) is 20.6. The molecule has 0 atom stereocenters. The number of β-amino-alcohol motifs (C(OH)–C–C–N with tert-alkyl or cyclic N) is 1. The normalized spacial score (nSPS) is 25.8. The largest absolute Gasteiger partial charge is 0.444 e. The zero-order valence-corrected chi connectivity index (χ0v) is 14.4. The molecule has 22 heavy (non-hydrogen) atoms. The fourth-order valence-corrected chi connectivity index (χ4v) is 3.38. The van der Waals surface area contributed by atoms with Crippen molar-refractivity contribution in [1.29, 1.82) is 5.26 Å². The maximum Gasteiger partial charge on any atom is 0.410 e. The number of hydrogen-bond donors (Lipinski definition) is 1. The molecule has 5 heteroatoms. The van der Waals surface area contributed by atoms with E-state index in [-0.39, 0.29) is 18.5 Å². The molecule has 1 heterocycles. The minimum absolute atomic E-state index is 0.190. The third kappa shape index (κ3) is 3.08. The van der Waals surface area contributed by atoms with Crippen LogP contribution in [-0.4, -0.2) is 40.4 Å². The summed E-state index contributed by atoms with van der Waals surface area (Å²) in [6.07, 6.45) is 2.82. The van der Waals surface area contributed by atoms with Gasteiger partial charge in [0, 0.05) is 0 Å². The van der Waals surface area contributed by atoms with Gasteiger partial charge in [-0.2, -0.15) is 5.26 Å². The van der Waals surface area contributed by atoms with Crippen molar-refractivity contribution in [3.8, 4) is 6.07 Å². The van der Waals surface area contributed by atoms with Crippen LogP contribution in [0.2, 0.25) is 0 Å². The molecule has 0 radical (unpaired) electrons. The van der Waals surface area contributed by atoms with E-state index in [1.54, 1.807) is 0 Å². The number of rotatable bonds is 1. The zero-order chi connectivity index (χ0) is 16.8. The summed E-state index contributed by atoms with van der Waals surface area (Å²) in [6.45, 7) is 10.2. The highest BCUT2D eigenvalue weighted by Crippen LogP contribution is 2.52. The lowest BCUT2D eigenvalue weighted by atomic mass is 9.57. The van der Waals surface area contributed by atoms with Crippen LogP contribution in [0.15, 0.2) is 0 Å². The molecule has 1 N–H and O–H groups in total. The Kier molecular flexibility index (Phi) is 3.98. The van der Waals surface area contributed by atoms with Crippen LogP contribution in [0, 0.1) is 22.2 Å². The minimum Gasteiger partial charge on any atom is -0.444 e. The fraction of sp³-hybridized carbons (Fsp3) is 0.882. The van der Waals surface area contributed by atoms with Gasteiger partial charge in [-0.1, -0.05) is 13.8 Å². The second kappa shape index (κ2) is 5.13. The number of aliphatic hydroxyl groups is 1. The molecule has 0 aromatic rings. The molecule has 2 rings (SSSR count). The Bertz CT molecular complexity index is 483. The van der Waals surface area contributed by atoms with Gasteiger partial charge >= 0.3 is 6.09 Å². The van der Waals surface area contributed by atoms with Crippen molar-refractivity contribution in [1.82, 2.24) is 4.90 Å². The Morgan fingerprint density at radius 2 is 1.68 bits per heavy atom. The van der Waals surface area contributed by atoms with Crippen LogP contribution in [0.4, 0.5) is 4.79 Å². The van der Waals surface area contributed by atoms with Crippen molar-refractivity contribution in [2.45, 2.75) is 71.5 Å². The SMILES string of the molecule is CC1(C)CCC(C#N)(C2(O)CN(C(=O)OC(C)(C)C)C2)CC1. The van der Waals surface area contributed by atoms with E-state index in [1.807, 2.05) is 20.8 Å². The topological polar surface area (TPSA) is 73.6 Å². The smallest absolute Gasteiger partial charge is 0.410 e. The molecule has 0 aromatic carbocycles. The number of ether oxygens (including phenoxy) is 1. The highest BCUT2D eigenvalue weighted by molar-refractivity contribution is 5.70. The van der Waals surface area contributed by atoms with Crippen LogP contribution in [0.25, 0.3) is 0 Å². The van der Waals surface area contributed by atoms with Gasteiger partial charge in [0.2, 0.25) is 0 Å². The standard InChI is InChI=1S/C17H28N2O3/c1-14(2,3)22-13(20)19-11-17(21,12-19)16(10-18)8-6-15(4,5)7-9-16/h21H,6-9,11-12H2,1-5H3. The molecule has 124 valence electrons. The summed E-state index contributed by atoms with van der Waals surface area (Å²) in [4.78, 5) is 13.5. The van der Waals surface area contributed by atoms with Gasteiger partial charge in [-0.15, -0.1) is 0 Å². The van der Waals surface area contributed by atoms with Crippen molar-refractivity contribution < 1.29 is 14.6 Å². The molecule has 0 unspecified atom stereocenters. The summed E-state index contributed by atoms with van der Waals surface area (Å²) < 4.78 is 5.31. The summed E-state index contributed by atoms with van der Waals surface area (Å²) in [5.41, 5.74) is -2.16. The summed E-state index contributed by atoms with van der Waals surface area (Å²) >= 11 is 0. The van der Waals surface area contributed by atoms with E-state index in [1.165, 1.54) is 4.90 Å². The third-order valence-electron chi connectivity index (χ3n) is 5.12. The fourth-order valence-electron chi connectivity index (χ4n) is 3.38. The van der Waals surface area contributed by atoms with E-state index >= 15 is 0 Å². The van der Waals surface area contributed by atoms with Gasteiger partial charge in [-0.25, -0.2) is 4.79 Å². The number of likely N-dealkylation sites (tertiary alicyclic amines) is 1. The molecule has 1 saturated heterocycles. The quantitative estimate of drug-likeness (QED) is 0.808. The van der Waals surface area contributed by atoms with Crippen LogP contribution in [-0.2, 0) is 4.74 Å². The summed E-state index contributed by atoms with van der Waals surface area (Å²) in [7, 11) is 0. The number of amides is 1.